The first kappa shape index (κ1) is 14.4. The molecule has 0 amide bonds. The topological polar surface area (TPSA) is 50.1 Å². The Labute approximate surface area is 126 Å². The molecule has 0 unspecified atom stereocenters. The van der Waals surface area contributed by atoms with Crippen molar-refractivity contribution < 1.29 is 9.53 Å². The summed E-state index contributed by atoms with van der Waals surface area (Å²) in [5.74, 6) is -0.510. The van der Waals surface area contributed by atoms with E-state index in [0.29, 0.717) is 10.6 Å². The summed E-state index contributed by atoms with van der Waals surface area (Å²) in [4.78, 5) is 13.4. The van der Waals surface area contributed by atoms with Crippen molar-refractivity contribution in [3.8, 4) is 6.07 Å². The van der Waals surface area contributed by atoms with Crippen LogP contribution in [0.25, 0.3) is 0 Å². The summed E-state index contributed by atoms with van der Waals surface area (Å²) in [5, 5.41) is 9.78. The zero-order chi connectivity index (χ0) is 14.5. The van der Waals surface area contributed by atoms with E-state index in [9.17, 15) is 4.79 Å². The lowest BCUT2D eigenvalue weighted by Gasteiger charge is -2.05. The molecule has 0 bridgehead atoms. The lowest BCUT2D eigenvalue weighted by atomic mass is 10.1. The molecule has 2 aromatic carbocycles. The van der Waals surface area contributed by atoms with E-state index in [1.54, 1.807) is 30.3 Å². The highest BCUT2D eigenvalue weighted by Gasteiger charge is 2.12. The molecule has 0 saturated carbocycles. The molecule has 100 valence electrons. The maximum atomic E-state index is 11.5. The first-order valence-corrected chi connectivity index (χ1v) is 6.89. The van der Waals surface area contributed by atoms with Crippen molar-refractivity contribution >= 4 is 29.3 Å². The normalized spacial score (nSPS) is 9.85. The molecule has 0 saturated heterocycles. The molecule has 20 heavy (non-hydrogen) atoms. The minimum absolute atomic E-state index is 0.274. The third-order valence-corrected chi connectivity index (χ3v) is 3.82. The van der Waals surface area contributed by atoms with Gasteiger partial charge in [0.15, 0.2) is 0 Å². The molecule has 0 aromatic heterocycles. The van der Waals surface area contributed by atoms with Crippen molar-refractivity contribution in [1.82, 2.24) is 0 Å². The molecule has 0 atom stereocenters. The highest BCUT2D eigenvalue weighted by molar-refractivity contribution is 7.99. The molecular formula is C15H10ClNO2S. The Morgan fingerprint density at radius 3 is 2.45 bits per heavy atom. The van der Waals surface area contributed by atoms with Gasteiger partial charge in [-0.1, -0.05) is 23.4 Å². The number of nitriles is 1. The molecule has 0 aliphatic rings. The van der Waals surface area contributed by atoms with Gasteiger partial charge in [-0.3, -0.25) is 0 Å². The average Bonchev–Trinajstić information content (AvgIpc) is 2.48. The lowest BCUT2D eigenvalue weighted by molar-refractivity contribution is 0.0600. The van der Waals surface area contributed by atoms with Crippen LogP contribution in [0, 0.1) is 11.3 Å². The Morgan fingerprint density at radius 1 is 1.20 bits per heavy atom. The van der Waals surface area contributed by atoms with Crippen LogP contribution in [0.15, 0.2) is 52.3 Å². The number of nitrogens with zero attached hydrogens (tertiary/aromatic N) is 1. The number of hydrogen-bond acceptors (Lipinski definition) is 4. The van der Waals surface area contributed by atoms with E-state index >= 15 is 0 Å². The first-order valence-electron chi connectivity index (χ1n) is 5.70. The second kappa shape index (κ2) is 6.47. The monoisotopic (exact) mass is 303 g/mol. The molecule has 0 spiro atoms. The van der Waals surface area contributed by atoms with Crippen molar-refractivity contribution in [1.29, 1.82) is 5.26 Å². The third-order valence-electron chi connectivity index (χ3n) is 2.57. The van der Waals surface area contributed by atoms with E-state index in [2.05, 4.69) is 4.74 Å². The molecule has 0 heterocycles. The maximum absolute atomic E-state index is 11.5. The number of benzene rings is 2. The largest absolute Gasteiger partial charge is 0.465 e. The quantitative estimate of drug-likeness (QED) is 0.799. The molecule has 3 nitrogen and oxygen atoms in total. The number of methoxy groups -OCH3 is 1. The van der Waals surface area contributed by atoms with Gasteiger partial charge in [0.25, 0.3) is 0 Å². The standard InChI is InChI=1S/C15H10ClNO2S/c1-19-15(18)14-7-6-13(8-10(14)9-17)20-12-4-2-11(16)3-5-12/h2-8H,1H3. The third kappa shape index (κ3) is 3.32. The van der Waals surface area contributed by atoms with Crippen molar-refractivity contribution in [3.63, 3.8) is 0 Å². The smallest absolute Gasteiger partial charge is 0.339 e. The van der Waals surface area contributed by atoms with Crippen LogP contribution in [-0.4, -0.2) is 13.1 Å². The van der Waals surface area contributed by atoms with Crippen LogP contribution in [0.5, 0.6) is 0 Å². The molecule has 2 rings (SSSR count). The predicted molar refractivity (Wildman–Crippen MR) is 78.1 cm³/mol. The second-order valence-electron chi connectivity index (χ2n) is 3.87. The summed E-state index contributed by atoms with van der Waals surface area (Å²) in [6, 6.07) is 14.5. The van der Waals surface area contributed by atoms with E-state index in [-0.39, 0.29) is 5.56 Å². The number of ether oxygens (including phenoxy) is 1. The van der Waals surface area contributed by atoms with Crippen molar-refractivity contribution in [2.75, 3.05) is 7.11 Å². The molecule has 5 heteroatoms. The van der Waals surface area contributed by atoms with Gasteiger partial charge >= 0.3 is 5.97 Å². The average molecular weight is 304 g/mol. The molecule has 0 N–H and O–H groups in total. The van der Waals surface area contributed by atoms with Crippen LogP contribution in [0.1, 0.15) is 15.9 Å². The highest BCUT2D eigenvalue weighted by atomic mass is 35.5. The van der Waals surface area contributed by atoms with Gasteiger partial charge in [0.2, 0.25) is 0 Å². The summed E-state index contributed by atoms with van der Waals surface area (Å²) >= 11 is 7.32. The number of carbonyl (C=O) groups excluding carboxylic acids is 1. The predicted octanol–water partition coefficient (Wildman–Crippen LogP) is 4.15. The SMILES string of the molecule is COC(=O)c1ccc(Sc2ccc(Cl)cc2)cc1C#N. The molecule has 0 aliphatic heterocycles. The molecule has 0 fully saturated rings. The number of esters is 1. The fraction of sp³-hybridized carbons (Fsp3) is 0.0667. The van der Waals surface area contributed by atoms with Crippen molar-refractivity contribution in [3.05, 3.63) is 58.6 Å². The minimum Gasteiger partial charge on any atom is -0.465 e. The van der Waals surface area contributed by atoms with Gasteiger partial charge < -0.3 is 4.74 Å². The summed E-state index contributed by atoms with van der Waals surface area (Å²) in [6.45, 7) is 0. The molecule has 0 aliphatic carbocycles. The van der Waals surface area contributed by atoms with Crippen LogP contribution in [0.3, 0.4) is 0 Å². The fourth-order valence-electron chi connectivity index (χ4n) is 1.61. The molecule has 0 radical (unpaired) electrons. The molecule has 2 aromatic rings. The Morgan fingerprint density at radius 2 is 1.85 bits per heavy atom. The second-order valence-corrected chi connectivity index (χ2v) is 5.45. The Balaban J connectivity index is 2.28. The highest BCUT2D eigenvalue weighted by Crippen LogP contribution is 2.30. The van der Waals surface area contributed by atoms with Crippen molar-refractivity contribution in [2.45, 2.75) is 9.79 Å². The Kier molecular flexibility index (Phi) is 4.67. The van der Waals surface area contributed by atoms with Crippen LogP contribution >= 0.6 is 23.4 Å². The number of halogens is 1. The van der Waals surface area contributed by atoms with E-state index in [1.165, 1.54) is 18.9 Å². The fourth-order valence-corrected chi connectivity index (χ4v) is 2.59. The van der Waals surface area contributed by atoms with E-state index in [1.807, 2.05) is 18.2 Å². The van der Waals surface area contributed by atoms with Crippen LogP contribution in [0.4, 0.5) is 0 Å². The van der Waals surface area contributed by atoms with Gasteiger partial charge in [-0.25, -0.2) is 4.79 Å². The molecular weight excluding hydrogens is 294 g/mol. The summed E-state index contributed by atoms with van der Waals surface area (Å²) in [5.41, 5.74) is 0.575. The summed E-state index contributed by atoms with van der Waals surface area (Å²) < 4.78 is 4.64. The summed E-state index contributed by atoms with van der Waals surface area (Å²) in [7, 11) is 1.29. The zero-order valence-electron chi connectivity index (χ0n) is 10.6. The van der Waals surface area contributed by atoms with Gasteiger partial charge in [0, 0.05) is 14.8 Å². The van der Waals surface area contributed by atoms with Gasteiger partial charge in [-0.05, 0) is 42.5 Å². The van der Waals surface area contributed by atoms with Gasteiger partial charge in [-0.15, -0.1) is 0 Å². The maximum Gasteiger partial charge on any atom is 0.339 e. The Hall–Kier alpha value is -1.96. The number of carbonyl (C=O) groups is 1. The van der Waals surface area contributed by atoms with Crippen molar-refractivity contribution in [2.24, 2.45) is 0 Å². The number of rotatable bonds is 3. The van der Waals surface area contributed by atoms with Gasteiger partial charge in [-0.2, -0.15) is 5.26 Å². The first-order chi connectivity index (χ1) is 9.63. The zero-order valence-corrected chi connectivity index (χ0v) is 12.2. The van der Waals surface area contributed by atoms with Crippen LogP contribution < -0.4 is 0 Å². The van der Waals surface area contributed by atoms with E-state index in [0.717, 1.165) is 9.79 Å². The van der Waals surface area contributed by atoms with Crippen LogP contribution in [-0.2, 0) is 4.74 Å². The lowest BCUT2D eigenvalue weighted by Crippen LogP contribution is -2.03. The minimum atomic E-state index is -0.510. The van der Waals surface area contributed by atoms with Gasteiger partial charge in [0.05, 0.1) is 18.2 Å². The van der Waals surface area contributed by atoms with Gasteiger partial charge in [0.1, 0.15) is 6.07 Å². The van der Waals surface area contributed by atoms with E-state index < -0.39 is 5.97 Å². The Bertz CT molecular complexity index is 677. The number of hydrogen-bond donors (Lipinski definition) is 0. The van der Waals surface area contributed by atoms with E-state index in [4.69, 9.17) is 16.9 Å². The summed E-state index contributed by atoms with van der Waals surface area (Å²) in [6.07, 6.45) is 0. The van der Waals surface area contributed by atoms with Crippen LogP contribution in [0.2, 0.25) is 5.02 Å².